The van der Waals surface area contributed by atoms with Gasteiger partial charge in [0.05, 0.1) is 0 Å². The Labute approximate surface area is 124 Å². The molecule has 1 atom stereocenters. The van der Waals surface area contributed by atoms with Crippen LogP contribution in [-0.2, 0) is 10.0 Å². The van der Waals surface area contributed by atoms with Crippen molar-refractivity contribution in [3.63, 3.8) is 0 Å². The van der Waals surface area contributed by atoms with E-state index in [1.807, 2.05) is 0 Å². The van der Waals surface area contributed by atoms with Gasteiger partial charge in [0, 0.05) is 11.7 Å². The average Bonchev–Trinajstić information content (AvgIpc) is 2.24. The second-order valence-corrected chi connectivity index (χ2v) is 7.31. The predicted molar refractivity (Wildman–Crippen MR) is 79.2 cm³/mol. The molecule has 0 spiro atoms. The molecule has 0 saturated carbocycles. The van der Waals surface area contributed by atoms with Gasteiger partial charge in [0.25, 0.3) is 0 Å². The standard InChI is InChI=1S/C14H22F2N2O2S/c1-9(2)5-4-6-10(3)18-21(19,20)14-12(15)7-11(17)8-13(14)16/h7-10,18H,4-6,17H2,1-3H3. The minimum absolute atomic E-state index is 0.158. The summed E-state index contributed by atoms with van der Waals surface area (Å²) in [5.74, 6) is -1.84. The van der Waals surface area contributed by atoms with Gasteiger partial charge in [-0.15, -0.1) is 0 Å². The summed E-state index contributed by atoms with van der Waals surface area (Å²) in [7, 11) is -4.24. The summed E-state index contributed by atoms with van der Waals surface area (Å²) in [4.78, 5) is -0.979. The van der Waals surface area contributed by atoms with E-state index < -0.39 is 32.6 Å². The number of nitrogens with one attached hydrogen (secondary N) is 1. The second-order valence-electron chi connectivity index (χ2n) is 5.66. The van der Waals surface area contributed by atoms with Crippen LogP contribution in [-0.4, -0.2) is 14.5 Å². The monoisotopic (exact) mass is 320 g/mol. The van der Waals surface area contributed by atoms with Crippen LogP contribution in [0.25, 0.3) is 0 Å². The lowest BCUT2D eigenvalue weighted by Crippen LogP contribution is -2.33. The normalized spacial score (nSPS) is 13.6. The van der Waals surface area contributed by atoms with E-state index in [9.17, 15) is 17.2 Å². The summed E-state index contributed by atoms with van der Waals surface area (Å²) in [6, 6.07) is 1.19. The lowest BCUT2D eigenvalue weighted by Gasteiger charge is -2.15. The molecule has 0 heterocycles. The van der Waals surface area contributed by atoms with E-state index in [1.165, 1.54) is 0 Å². The summed E-state index contributed by atoms with van der Waals surface area (Å²) in [5.41, 5.74) is 5.11. The lowest BCUT2D eigenvalue weighted by atomic mass is 10.0. The van der Waals surface area contributed by atoms with Crippen molar-refractivity contribution in [3.8, 4) is 0 Å². The summed E-state index contributed by atoms with van der Waals surface area (Å²) in [5, 5.41) is 0. The van der Waals surface area contributed by atoms with Crippen LogP contribution >= 0.6 is 0 Å². The molecular formula is C14H22F2N2O2S. The molecule has 0 aliphatic heterocycles. The zero-order chi connectivity index (χ0) is 16.2. The Bertz CT molecular complexity index is 566. The molecular weight excluding hydrogens is 298 g/mol. The molecule has 0 aromatic heterocycles. The van der Waals surface area contributed by atoms with Crippen molar-refractivity contribution in [1.82, 2.24) is 4.72 Å². The first kappa shape index (κ1) is 17.8. The Morgan fingerprint density at radius 2 is 1.67 bits per heavy atom. The number of anilines is 1. The highest BCUT2D eigenvalue weighted by Gasteiger charge is 2.26. The number of benzene rings is 1. The fraction of sp³-hybridized carbons (Fsp3) is 0.571. The van der Waals surface area contributed by atoms with Gasteiger partial charge in [0.1, 0.15) is 11.6 Å². The maximum absolute atomic E-state index is 13.7. The van der Waals surface area contributed by atoms with Crippen molar-refractivity contribution in [2.24, 2.45) is 5.92 Å². The van der Waals surface area contributed by atoms with Gasteiger partial charge in [0.2, 0.25) is 10.0 Å². The highest BCUT2D eigenvalue weighted by Crippen LogP contribution is 2.22. The highest BCUT2D eigenvalue weighted by atomic mass is 32.2. The molecule has 7 heteroatoms. The molecule has 1 aromatic carbocycles. The highest BCUT2D eigenvalue weighted by molar-refractivity contribution is 7.89. The number of nitrogens with two attached hydrogens (primary N) is 1. The van der Waals surface area contributed by atoms with Crippen molar-refractivity contribution in [2.45, 2.75) is 51.0 Å². The molecule has 0 aliphatic rings. The third-order valence-electron chi connectivity index (χ3n) is 3.06. The second kappa shape index (κ2) is 7.17. The van der Waals surface area contributed by atoms with Crippen LogP contribution in [0.1, 0.15) is 40.0 Å². The number of rotatable bonds is 7. The van der Waals surface area contributed by atoms with Gasteiger partial charge in [-0.05, 0) is 31.4 Å². The Morgan fingerprint density at radius 1 is 1.14 bits per heavy atom. The molecule has 1 aromatic rings. The summed E-state index contributed by atoms with van der Waals surface area (Å²) in [6.07, 6.45) is 2.42. The zero-order valence-electron chi connectivity index (χ0n) is 12.5. The van der Waals surface area contributed by atoms with Gasteiger partial charge in [-0.2, -0.15) is 0 Å². The van der Waals surface area contributed by atoms with E-state index in [2.05, 4.69) is 18.6 Å². The number of sulfonamides is 1. The zero-order valence-corrected chi connectivity index (χ0v) is 13.3. The Morgan fingerprint density at radius 3 is 2.14 bits per heavy atom. The maximum atomic E-state index is 13.7. The maximum Gasteiger partial charge on any atom is 0.246 e. The molecule has 0 fully saturated rings. The minimum Gasteiger partial charge on any atom is -0.399 e. The van der Waals surface area contributed by atoms with Crippen LogP contribution in [0, 0.1) is 17.6 Å². The van der Waals surface area contributed by atoms with Gasteiger partial charge in [-0.1, -0.05) is 26.7 Å². The van der Waals surface area contributed by atoms with Crippen LogP contribution in [0.5, 0.6) is 0 Å². The number of nitrogen functional groups attached to an aromatic ring is 1. The SMILES string of the molecule is CC(C)CCCC(C)NS(=O)(=O)c1c(F)cc(N)cc1F. The molecule has 0 radical (unpaired) electrons. The third kappa shape index (κ3) is 5.24. The van der Waals surface area contributed by atoms with E-state index in [1.54, 1.807) is 6.92 Å². The number of halogens is 2. The number of hydrogen-bond acceptors (Lipinski definition) is 3. The summed E-state index contributed by atoms with van der Waals surface area (Å²) >= 11 is 0. The van der Waals surface area contributed by atoms with Gasteiger partial charge in [-0.3, -0.25) is 0 Å². The van der Waals surface area contributed by atoms with Crippen LogP contribution in [0.3, 0.4) is 0 Å². The molecule has 21 heavy (non-hydrogen) atoms. The van der Waals surface area contributed by atoms with Crippen LogP contribution in [0.2, 0.25) is 0 Å². The fourth-order valence-electron chi connectivity index (χ4n) is 2.05. The van der Waals surface area contributed by atoms with Crippen molar-refractivity contribution < 1.29 is 17.2 Å². The van der Waals surface area contributed by atoms with Crippen molar-refractivity contribution >= 4 is 15.7 Å². The quantitative estimate of drug-likeness (QED) is 0.759. The van der Waals surface area contributed by atoms with E-state index >= 15 is 0 Å². The molecule has 4 nitrogen and oxygen atoms in total. The molecule has 1 rings (SSSR count). The molecule has 1 unspecified atom stereocenters. The molecule has 3 N–H and O–H groups in total. The largest absolute Gasteiger partial charge is 0.399 e. The van der Waals surface area contributed by atoms with E-state index in [0.29, 0.717) is 12.3 Å². The summed E-state index contributed by atoms with van der Waals surface area (Å²) in [6.45, 7) is 5.83. The van der Waals surface area contributed by atoms with Gasteiger partial charge in [0.15, 0.2) is 4.90 Å². The van der Waals surface area contributed by atoms with Gasteiger partial charge in [-0.25, -0.2) is 21.9 Å². The molecule has 0 amide bonds. The molecule has 120 valence electrons. The van der Waals surface area contributed by atoms with Crippen LogP contribution < -0.4 is 10.5 Å². The van der Waals surface area contributed by atoms with Crippen molar-refractivity contribution in [1.29, 1.82) is 0 Å². The fourth-order valence-corrected chi connectivity index (χ4v) is 3.45. The smallest absolute Gasteiger partial charge is 0.246 e. The predicted octanol–water partition coefficient (Wildman–Crippen LogP) is 3.04. The average molecular weight is 320 g/mol. The van der Waals surface area contributed by atoms with Crippen molar-refractivity contribution in [2.75, 3.05) is 5.73 Å². The van der Waals surface area contributed by atoms with Crippen molar-refractivity contribution in [3.05, 3.63) is 23.8 Å². The summed E-state index contributed by atoms with van der Waals surface area (Å²) < 4.78 is 53.8. The van der Waals surface area contributed by atoms with Gasteiger partial charge >= 0.3 is 0 Å². The van der Waals surface area contributed by atoms with Crippen LogP contribution in [0.15, 0.2) is 17.0 Å². The van der Waals surface area contributed by atoms with Crippen LogP contribution in [0.4, 0.5) is 14.5 Å². The number of hydrogen-bond donors (Lipinski definition) is 2. The van der Waals surface area contributed by atoms with Gasteiger partial charge < -0.3 is 5.73 Å². The Balaban J connectivity index is 2.83. The van der Waals surface area contributed by atoms with E-state index in [0.717, 1.165) is 25.0 Å². The Hall–Kier alpha value is -1.21. The topological polar surface area (TPSA) is 72.2 Å². The van der Waals surface area contributed by atoms with E-state index in [4.69, 9.17) is 5.73 Å². The first-order valence-electron chi connectivity index (χ1n) is 6.90. The molecule has 0 aliphatic carbocycles. The Kier molecular flexibility index (Phi) is 6.10. The first-order chi connectivity index (χ1) is 9.63. The third-order valence-corrected chi connectivity index (χ3v) is 4.70. The van der Waals surface area contributed by atoms with E-state index in [-0.39, 0.29) is 5.69 Å². The lowest BCUT2D eigenvalue weighted by molar-refractivity contribution is 0.480. The molecule has 0 saturated heterocycles. The molecule has 0 bridgehead atoms. The first-order valence-corrected chi connectivity index (χ1v) is 8.38. The minimum atomic E-state index is -4.24.